The van der Waals surface area contributed by atoms with Crippen LogP contribution in [0.25, 0.3) is 0 Å². The first-order valence-electron chi connectivity index (χ1n) is 6.17. The highest BCUT2D eigenvalue weighted by Crippen LogP contribution is 2.24. The Morgan fingerprint density at radius 3 is 2.25 bits per heavy atom. The molecule has 16 heavy (non-hydrogen) atoms. The van der Waals surface area contributed by atoms with Gasteiger partial charge in [0, 0.05) is 22.2 Å². The normalized spacial score (nSPS) is 26.9. The Bertz CT molecular complexity index is 323. The van der Waals surface area contributed by atoms with Gasteiger partial charge in [0.25, 0.3) is 0 Å². The average Bonchev–Trinajstić information content (AvgIpc) is 2.26. The van der Waals surface area contributed by atoms with E-state index in [4.69, 9.17) is 0 Å². The largest absolute Gasteiger partial charge is 0.294 e. The Morgan fingerprint density at radius 1 is 1.12 bits per heavy atom. The predicted octanol–water partition coefficient (Wildman–Crippen LogP) is 4.05. The van der Waals surface area contributed by atoms with E-state index in [1.165, 1.54) is 28.4 Å². The molecule has 2 atom stereocenters. The van der Waals surface area contributed by atoms with Crippen molar-refractivity contribution in [3.8, 4) is 0 Å². The van der Waals surface area contributed by atoms with Crippen LogP contribution in [0.2, 0.25) is 0 Å². The van der Waals surface area contributed by atoms with Crippen LogP contribution >= 0.6 is 22.6 Å². The Hall–Kier alpha value is -0.0900. The van der Waals surface area contributed by atoms with Crippen molar-refractivity contribution in [1.82, 2.24) is 4.90 Å². The summed E-state index contributed by atoms with van der Waals surface area (Å²) in [6.45, 7) is 5.84. The van der Waals surface area contributed by atoms with E-state index in [-0.39, 0.29) is 0 Å². The fourth-order valence-electron chi connectivity index (χ4n) is 2.59. The molecule has 2 rings (SSSR count). The molecule has 1 aromatic rings. The summed E-state index contributed by atoms with van der Waals surface area (Å²) in [5.74, 6) is 0. The van der Waals surface area contributed by atoms with E-state index in [1.807, 2.05) is 0 Å². The van der Waals surface area contributed by atoms with Gasteiger partial charge in [-0.3, -0.25) is 4.90 Å². The van der Waals surface area contributed by atoms with Crippen molar-refractivity contribution >= 4 is 22.6 Å². The molecule has 0 N–H and O–H groups in total. The molecule has 1 heterocycles. The number of halogens is 1. The molecule has 0 saturated carbocycles. The minimum Gasteiger partial charge on any atom is -0.294 e. The molecule has 1 saturated heterocycles. The van der Waals surface area contributed by atoms with Crippen molar-refractivity contribution in [3.05, 3.63) is 33.4 Å². The number of piperidine rings is 1. The summed E-state index contributed by atoms with van der Waals surface area (Å²) in [4.78, 5) is 2.64. The molecular formula is C14H20IN. The van der Waals surface area contributed by atoms with Crippen LogP contribution < -0.4 is 0 Å². The van der Waals surface area contributed by atoms with Crippen LogP contribution in [0.5, 0.6) is 0 Å². The van der Waals surface area contributed by atoms with E-state index in [1.54, 1.807) is 0 Å². The lowest BCUT2D eigenvalue weighted by Gasteiger charge is -2.39. The second-order valence-corrected chi connectivity index (χ2v) is 6.17. The average molecular weight is 329 g/mol. The lowest BCUT2D eigenvalue weighted by Crippen LogP contribution is -2.42. The molecule has 2 heteroatoms. The summed E-state index contributed by atoms with van der Waals surface area (Å²) in [6.07, 6.45) is 4.11. The van der Waals surface area contributed by atoms with Crippen molar-refractivity contribution in [2.45, 2.75) is 51.7 Å². The van der Waals surface area contributed by atoms with Gasteiger partial charge >= 0.3 is 0 Å². The standard InChI is InChI=1S/C14H20IN/c1-11-4-3-5-12(2)16(11)10-13-6-8-14(15)9-7-13/h6-9,11-12H,3-5,10H2,1-2H3. The molecule has 1 aliphatic rings. The van der Waals surface area contributed by atoms with Gasteiger partial charge in [-0.25, -0.2) is 0 Å². The first kappa shape index (κ1) is 12.4. The molecule has 1 fully saturated rings. The van der Waals surface area contributed by atoms with Crippen molar-refractivity contribution in [2.24, 2.45) is 0 Å². The highest BCUT2D eigenvalue weighted by Gasteiger charge is 2.24. The lowest BCUT2D eigenvalue weighted by molar-refractivity contribution is 0.0953. The highest BCUT2D eigenvalue weighted by molar-refractivity contribution is 14.1. The van der Waals surface area contributed by atoms with Gasteiger partial charge in [-0.05, 0) is 67.0 Å². The van der Waals surface area contributed by atoms with Gasteiger partial charge < -0.3 is 0 Å². The molecule has 1 aromatic carbocycles. The fraction of sp³-hybridized carbons (Fsp3) is 0.571. The van der Waals surface area contributed by atoms with E-state index in [2.05, 4.69) is 65.6 Å². The smallest absolute Gasteiger partial charge is 0.0239 e. The zero-order chi connectivity index (χ0) is 11.5. The molecule has 88 valence electrons. The van der Waals surface area contributed by atoms with Gasteiger partial charge in [0.1, 0.15) is 0 Å². The van der Waals surface area contributed by atoms with Gasteiger partial charge in [-0.15, -0.1) is 0 Å². The van der Waals surface area contributed by atoms with Crippen molar-refractivity contribution in [2.75, 3.05) is 0 Å². The topological polar surface area (TPSA) is 3.24 Å². The quantitative estimate of drug-likeness (QED) is 0.740. The van der Waals surface area contributed by atoms with Crippen LogP contribution in [-0.4, -0.2) is 17.0 Å². The highest BCUT2D eigenvalue weighted by atomic mass is 127. The van der Waals surface area contributed by atoms with Crippen LogP contribution in [0, 0.1) is 3.57 Å². The Balaban J connectivity index is 2.04. The third kappa shape index (κ3) is 2.98. The van der Waals surface area contributed by atoms with Crippen molar-refractivity contribution in [1.29, 1.82) is 0 Å². The maximum atomic E-state index is 2.64. The van der Waals surface area contributed by atoms with Gasteiger partial charge in [0.05, 0.1) is 0 Å². The number of hydrogen-bond donors (Lipinski definition) is 0. The van der Waals surface area contributed by atoms with Gasteiger partial charge in [-0.1, -0.05) is 18.6 Å². The van der Waals surface area contributed by atoms with Gasteiger partial charge in [0.2, 0.25) is 0 Å². The van der Waals surface area contributed by atoms with E-state index in [0.717, 1.165) is 18.6 Å². The predicted molar refractivity (Wildman–Crippen MR) is 77.5 cm³/mol. The van der Waals surface area contributed by atoms with Crippen LogP contribution in [0.15, 0.2) is 24.3 Å². The number of nitrogens with zero attached hydrogens (tertiary/aromatic N) is 1. The SMILES string of the molecule is CC1CCCC(C)N1Cc1ccc(I)cc1. The van der Waals surface area contributed by atoms with E-state index >= 15 is 0 Å². The van der Waals surface area contributed by atoms with E-state index < -0.39 is 0 Å². The van der Waals surface area contributed by atoms with Crippen molar-refractivity contribution < 1.29 is 0 Å². The second-order valence-electron chi connectivity index (χ2n) is 4.93. The zero-order valence-corrected chi connectivity index (χ0v) is 12.3. The third-order valence-corrected chi connectivity index (χ3v) is 4.37. The zero-order valence-electron chi connectivity index (χ0n) is 10.1. The summed E-state index contributed by atoms with van der Waals surface area (Å²) >= 11 is 2.36. The molecule has 0 amide bonds. The first-order chi connectivity index (χ1) is 7.66. The maximum absolute atomic E-state index is 2.64. The van der Waals surface area contributed by atoms with E-state index in [9.17, 15) is 0 Å². The molecule has 0 bridgehead atoms. The minimum absolute atomic E-state index is 0.739. The Kier molecular flexibility index (Phi) is 4.25. The van der Waals surface area contributed by atoms with Crippen molar-refractivity contribution in [3.63, 3.8) is 0 Å². The summed E-state index contributed by atoms with van der Waals surface area (Å²) in [6, 6.07) is 10.4. The maximum Gasteiger partial charge on any atom is 0.0239 e. The van der Waals surface area contributed by atoms with Crippen LogP contribution in [-0.2, 0) is 6.54 Å². The Labute approximate surface area is 112 Å². The molecule has 1 aliphatic heterocycles. The van der Waals surface area contributed by atoms with E-state index in [0.29, 0.717) is 0 Å². The number of benzene rings is 1. The second kappa shape index (κ2) is 5.50. The summed E-state index contributed by atoms with van der Waals surface area (Å²) < 4.78 is 1.32. The van der Waals surface area contributed by atoms with Gasteiger partial charge in [-0.2, -0.15) is 0 Å². The molecular weight excluding hydrogens is 309 g/mol. The third-order valence-electron chi connectivity index (χ3n) is 3.65. The summed E-state index contributed by atoms with van der Waals surface area (Å²) in [5, 5.41) is 0. The van der Waals surface area contributed by atoms with Crippen LogP contribution in [0.4, 0.5) is 0 Å². The fourth-order valence-corrected chi connectivity index (χ4v) is 2.95. The monoisotopic (exact) mass is 329 g/mol. The number of likely N-dealkylation sites (tertiary alicyclic amines) is 1. The van der Waals surface area contributed by atoms with Gasteiger partial charge in [0.15, 0.2) is 0 Å². The molecule has 1 nitrogen and oxygen atoms in total. The minimum atomic E-state index is 0.739. The van der Waals surface area contributed by atoms with Crippen LogP contribution in [0.1, 0.15) is 38.7 Å². The summed E-state index contributed by atoms with van der Waals surface area (Å²) in [5.41, 5.74) is 1.45. The Morgan fingerprint density at radius 2 is 1.69 bits per heavy atom. The van der Waals surface area contributed by atoms with Crippen LogP contribution in [0.3, 0.4) is 0 Å². The summed E-state index contributed by atoms with van der Waals surface area (Å²) in [7, 11) is 0. The molecule has 2 unspecified atom stereocenters. The lowest BCUT2D eigenvalue weighted by atomic mass is 9.97. The number of rotatable bonds is 2. The number of hydrogen-bond acceptors (Lipinski definition) is 1. The molecule has 0 aromatic heterocycles. The first-order valence-corrected chi connectivity index (χ1v) is 7.25. The molecule has 0 aliphatic carbocycles. The molecule has 0 radical (unpaired) electrons. The molecule has 0 spiro atoms.